The third-order valence-electron chi connectivity index (χ3n) is 4.18. The molecule has 0 amide bonds. The summed E-state index contributed by atoms with van der Waals surface area (Å²) < 4.78 is 8.07. The van der Waals surface area contributed by atoms with Crippen LogP contribution in [-0.4, -0.2) is 22.1 Å². The molecule has 2 aromatic heterocycles. The van der Waals surface area contributed by atoms with Crippen molar-refractivity contribution in [1.82, 2.24) is 9.66 Å². The summed E-state index contributed by atoms with van der Waals surface area (Å²) in [5, 5.41) is 8.77. The molecule has 4 rings (SSSR count). The van der Waals surface area contributed by atoms with Gasteiger partial charge in [-0.15, -0.1) is 0 Å². The van der Waals surface area contributed by atoms with Crippen molar-refractivity contribution in [2.24, 2.45) is 10.9 Å². The predicted molar refractivity (Wildman–Crippen MR) is 80.2 cm³/mol. The molecule has 108 valence electrons. The lowest BCUT2D eigenvalue weighted by Crippen LogP contribution is -2.21. The molecular formula is C15H17N5O. The van der Waals surface area contributed by atoms with E-state index in [2.05, 4.69) is 35.3 Å². The highest BCUT2D eigenvalue weighted by atomic mass is 16.5. The Labute approximate surface area is 122 Å². The van der Waals surface area contributed by atoms with Crippen molar-refractivity contribution in [2.75, 3.05) is 5.43 Å². The van der Waals surface area contributed by atoms with Gasteiger partial charge in [-0.05, 0) is 37.5 Å². The fourth-order valence-electron chi connectivity index (χ4n) is 3.31. The molecule has 1 fully saturated rings. The highest BCUT2D eigenvalue weighted by molar-refractivity contribution is 5.93. The number of nitrogens with zero attached hydrogens (tertiary/aromatic N) is 3. The summed E-state index contributed by atoms with van der Waals surface area (Å²) >= 11 is 0. The summed E-state index contributed by atoms with van der Waals surface area (Å²) in [6.45, 7) is 4.33. The van der Waals surface area contributed by atoms with E-state index in [0.717, 1.165) is 23.0 Å². The molecule has 21 heavy (non-hydrogen) atoms. The van der Waals surface area contributed by atoms with Gasteiger partial charge in [0.25, 0.3) is 0 Å². The van der Waals surface area contributed by atoms with Crippen LogP contribution in [0.4, 0.5) is 5.82 Å². The van der Waals surface area contributed by atoms with Crippen LogP contribution in [0.3, 0.4) is 0 Å². The summed E-state index contributed by atoms with van der Waals surface area (Å²) in [4.78, 5) is 8.49. The number of aliphatic imine (C=N–C) groups is 1. The second-order valence-corrected chi connectivity index (χ2v) is 5.83. The van der Waals surface area contributed by atoms with Gasteiger partial charge in [-0.3, -0.25) is 15.5 Å². The lowest BCUT2D eigenvalue weighted by molar-refractivity contribution is 0.0414. The molecule has 6 heteroatoms. The Kier molecular flexibility index (Phi) is 2.62. The Bertz CT molecular complexity index is 810. The van der Waals surface area contributed by atoms with Crippen LogP contribution < -0.4 is 10.9 Å². The van der Waals surface area contributed by atoms with E-state index >= 15 is 0 Å². The zero-order valence-electron chi connectivity index (χ0n) is 12.0. The first-order valence-corrected chi connectivity index (χ1v) is 7.19. The van der Waals surface area contributed by atoms with E-state index < -0.39 is 0 Å². The highest BCUT2D eigenvalue weighted by Crippen LogP contribution is 2.40. The Morgan fingerprint density at radius 1 is 1.38 bits per heavy atom. The molecule has 0 saturated carbocycles. The third kappa shape index (κ3) is 1.86. The van der Waals surface area contributed by atoms with Gasteiger partial charge in [-0.25, -0.2) is 9.98 Å². The molecule has 6 nitrogen and oxygen atoms in total. The molecule has 2 aliphatic rings. The molecule has 0 radical (unpaired) electrons. The van der Waals surface area contributed by atoms with Crippen LogP contribution in [0, 0.1) is 11.3 Å². The van der Waals surface area contributed by atoms with Gasteiger partial charge in [-0.2, -0.15) is 0 Å². The largest absolute Gasteiger partial charge is 0.369 e. The minimum absolute atomic E-state index is 0.0695. The van der Waals surface area contributed by atoms with Crippen LogP contribution in [0.5, 0.6) is 0 Å². The third-order valence-corrected chi connectivity index (χ3v) is 4.18. The van der Waals surface area contributed by atoms with E-state index in [-0.39, 0.29) is 17.7 Å². The molecular weight excluding hydrogens is 266 g/mol. The maximum atomic E-state index is 7.75. The maximum Gasteiger partial charge on any atom is 0.182 e. The van der Waals surface area contributed by atoms with Gasteiger partial charge in [0.15, 0.2) is 5.82 Å². The number of nitrogens with one attached hydrogen (secondary N) is 2. The molecule has 4 heterocycles. The topological polar surface area (TPSA) is 75.3 Å². The van der Waals surface area contributed by atoms with E-state index in [1.807, 2.05) is 10.7 Å². The van der Waals surface area contributed by atoms with Gasteiger partial charge in [0, 0.05) is 5.39 Å². The molecule has 0 spiro atoms. The Morgan fingerprint density at radius 3 is 3.00 bits per heavy atom. The van der Waals surface area contributed by atoms with E-state index in [4.69, 9.17) is 10.1 Å². The van der Waals surface area contributed by atoms with Crippen LogP contribution in [0.1, 0.15) is 32.1 Å². The summed E-state index contributed by atoms with van der Waals surface area (Å²) in [5.74, 6) is 1.04. The van der Waals surface area contributed by atoms with Crippen LogP contribution in [0.15, 0.2) is 23.2 Å². The number of hydrogen-bond acceptors (Lipinski definition) is 5. The lowest BCUT2D eigenvalue weighted by atomic mass is 10.00. The highest BCUT2D eigenvalue weighted by Gasteiger charge is 2.34. The molecule has 1 unspecified atom stereocenters. The number of hydrogen-bond donors (Lipinski definition) is 2. The Balaban J connectivity index is 1.97. The summed E-state index contributed by atoms with van der Waals surface area (Å²) in [7, 11) is 0. The average molecular weight is 283 g/mol. The van der Waals surface area contributed by atoms with Crippen molar-refractivity contribution in [3.05, 3.63) is 29.4 Å². The zero-order valence-corrected chi connectivity index (χ0v) is 12.0. The average Bonchev–Trinajstić information content (AvgIpc) is 2.91. The minimum atomic E-state index is 0.0695. The number of aromatic nitrogens is 2. The van der Waals surface area contributed by atoms with Gasteiger partial charge in [-0.1, -0.05) is 6.92 Å². The van der Waals surface area contributed by atoms with Crippen molar-refractivity contribution >= 4 is 23.1 Å². The van der Waals surface area contributed by atoms with Crippen LogP contribution in [0.2, 0.25) is 0 Å². The number of rotatable bonds is 1. The van der Waals surface area contributed by atoms with Crippen molar-refractivity contribution in [1.29, 1.82) is 5.41 Å². The first kappa shape index (κ1) is 12.5. The molecule has 1 saturated heterocycles. The summed E-state index contributed by atoms with van der Waals surface area (Å²) in [6, 6.07) is 5.73. The van der Waals surface area contributed by atoms with Gasteiger partial charge in [0.05, 0.1) is 11.8 Å². The van der Waals surface area contributed by atoms with Crippen molar-refractivity contribution in [3.8, 4) is 0 Å². The first-order chi connectivity index (χ1) is 10.1. The molecule has 0 aliphatic carbocycles. The first-order valence-electron chi connectivity index (χ1n) is 7.19. The van der Waals surface area contributed by atoms with Crippen molar-refractivity contribution < 1.29 is 4.74 Å². The van der Waals surface area contributed by atoms with Gasteiger partial charge in [0.1, 0.15) is 23.4 Å². The van der Waals surface area contributed by atoms with Gasteiger partial charge in [0.2, 0.25) is 0 Å². The summed E-state index contributed by atoms with van der Waals surface area (Å²) in [5.41, 5.74) is 5.38. The van der Waals surface area contributed by atoms with Crippen LogP contribution in [0.25, 0.3) is 10.9 Å². The second kappa shape index (κ2) is 4.39. The summed E-state index contributed by atoms with van der Waals surface area (Å²) in [6.07, 6.45) is 3.03. The van der Waals surface area contributed by atoms with E-state index in [1.165, 1.54) is 0 Å². The quantitative estimate of drug-likeness (QED) is 0.842. The van der Waals surface area contributed by atoms with E-state index in [9.17, 15) is 0 Å². The number of ether oxygens (including phenoxy) is 1. The van der Waals surface area contributed by atoms with Crippen molar-refractivity contribution in [2.45, 2.75) is 32.5 Å². The SMILES string of the molecule is CC1C[C@@H](C)O[C@H]1c1cc2ccc(=N)nc3c2n1NC=N3. The van der Waals surface area contributed by atoms with E-state index in [1.54, 1.807) is 12.4 Å². The standard InChI is InChI=1S/C15H17N5O/c1-8-5-9(2)21-14(8)11-6-10-3-4-12(16)19-15-13(10)20(11)18-7-17-15/h3-4,6-9,14H,5H2,1-2H3,(H2,16,17,18,19)/t8?,9-,14-/m1/s1. The normalized spacial score (nSPS) is 27.0. The monoisotopic (exact) mass is 283 g/mol. The Hall–Kier alpha value is -2.21. The van der Waals surface area contributed by atoms with Crippen LogP contribution >= 0.6 is 0 Å². The van der Waals surface area contributed by atoms with Crippen LogP contribution in [-0.2, 0) is 4.74 Å². The zero-order chi connectivity index (χ0) is 14.6. The molecule has 0 aromatic carbocycles. The molecule has 0 bridgehead atoms. The predicted octanol–water partition coefficient (Wildman–Crippen LogP) is 2.22. The van der Waals surface area contributed by atoms with Crippen molar-refractivity contribution in [3.63, 3.8) is 0 Å². The molecule has 3 atom stereocenters. The van der Waals surface area contributed by atoms with Gasteiger partial charge < -0.3 is 4.74 Å². The smallest absolute Gasteiger partial charge is 0.182 e. The molecule has 2 N–H and O–H groups in total. The second-order valence-electron chi connectivity index (χ2n) is 5.83. The van der Waals surface area contributed by atoms with E-state index in [0.29, 0.717) is 11.7 Å². The lowest BCUT2D eigenvalue weighted by Gasteiger charge is -2.19. The van der Waals surface area contributed by atoms with Gasteiger partial charge >= 0.3 is 0 Å². The molecule has 2 aliphatic heterocycles. The minimum Gasteiger partial charge on any atom is -0.369 e. The Morgan fingerprint density at radius 2 is 2.24 bits per heavy atom. The fourth-order valence-corrected chi connectivity index (χ4v) is 3.31. The maximum absolute atomic E-state index is 7.75. The molecule has 2 aromatic rings. The fraction of sp³-hybridized carbons (Fsp3) is 0.400.